The van der Waals surface area contributed by atoms with Gasteiger partial charge in [0.15, 0.2) is 0 Å². The second kappa shape index (κ2) is 7.28. The summed E-state index contributed by atoms with van der Waals surface area (Å²) in [7, 11) is 1.68. The van der Waals surface area contributed by atoms with Crippen LogP contribution in [0.4, 0.5) is 0 Å². The fourth-order valence-electron chi connectivity index (χ4n) is 1.54. The molecule has 0 saturated heterocycles. The molecule has 0 bridgehead atoms. The van der Waals surface area contributed by atoms with E-state index >= 15 is 0 Å². The Bertz CT molecular complexity index is 514. The summed E-state index contributed by atoms with van der Waals surface area (Å²) in [5.74, 6) is -1.52. The first-order valence-corrected chi connectivity index (χ1v) is 6.31. The Kier molecular flexibility index (Phi) is 5.71. The van der Waals surface area contributed by atoms with Crippen molar-refractivity contribution in [1.29, 1.82) is 0 Å². The topological polar surface area (TPSA) is 86.7 Å². The van der Waals surface area contributed by atoms with Crippen molar-refractivity contribution < 1.29 is 19.5 Å². The predicted octanol–water partition coefficient (Wildman–Crippen LogP) is 0.983. The van der Waals surface area contributed by atoms with Gasteiger partial charge in [0.05, 0.1) is 6.42 Å². The molecule has 0 radical (unpaired) electrons. The Morgan fingerprint density at radius 2 is 1.90 bits per heavy atom. The third-order valence-electron chi connectivity index (χ3n) is 2.82. The summed E-state index contributed by atoms with van der Waals surface area (Å²) in [6.07, 6.45) is -0.136. The van der Waals surface area contributed by atoms with Crippen molar-refractivity contribution >= 4 is 17.8 Å². The second-order valence-corrected chi connectivity index (χ2v) is 4.30. The largest absolute Gasteiger partial charge is 0.481 e. The first kappa shape index (κ1) is 15.7. The molecule has 0 heterocycles. The summed E-state index contributed by atoms with van der Waals surface area (Å²) in [6, 6.07) is 6.36. The molecule has 0 aliphatic carbocycles. The van der Waals surface area contributed by atoms with Gasteiger partial charge in [-0.2, -0.15) is 0 Å². The number of carbonyl (C=O) groups is 3. The number of aliphatic carboxylic acids is 1. The summed E-state index contributed by atoms with van der Waals surface area (Å²) in [4.78, 5) is 35.7. The molecule has 2 amide bonds. The smallest absolute Gasteiger partial charge is 0.305 e. The molecule has 108 valence electrons. The number of carboxylic acids is 1. The zero-order valence-corrected chi connectivity index (χ0v) is 11.5. The molecule has 20 heavy (non-hydrogen) atoms. The normalized spacial score (nSPS) is 9.90. The van der Waals surface area contributed by atoms with Crippen molar-refractivity contribution in [2.24, 2.45) is 0 Å². The molecule has 6 heteroatoms. The van der Waals surface area contributed by atoms with Gasteiger partial charge >= 0.3 is 5.97 Å². The first-order valence-electron chi connectivity index (χ1n) is 6.31. The number of rotatable bonds is 6. The lowest BCUT2D eigenvalue weighted by atomic mass is 10.1. The van der Waals surface area contributed by atoms with Crippen LogP contribution in [0.5, 0.6) is 0 Å². The molecule has 0 aliphatic heterocycles. The van der Waals surface area contributed by atoms with E-state index in [1.807, 2.05) is 6.92 Å². The van der Waals surface area contributed by atoms with Gasteiger partial charge in [0, 0.05) is 31.3 Å². The molecule has 0 fully saturated rings. The zero-order chi connectivity index (χ0) is 15.1. The highest BCUT2D eigenvalue weighted by atomic mass is 16.4. The molecule has 1 aromatic rings. The van der Waals surface area contributed by atoms with Gasteiger partial charge in [-0.15, -0.1) is 0 Å². The van der Waals surface area contributed by atoms with E-state index in [4.69, 9.17) is 5.11 Å². The minimum Gasteiger partial charge on any atom is -0.481 e. The van der Waals surface area contributed by atoms with Crippen LogP contribution in [0.3, 0.4) is 0 Å². The van der Waals surface area contributed by atoms with E-state index in [9.17, 15) is 14.4 Å². The lowest BCUT2D eigenvalue weighted by Gasteiger charge is -2.14. The van der Waals surface area contributed by atoms with Crippen LogP contribution in [0.1, 0.15) is 34.1 Å². The molecule has 0 atom stereocenters. The highest BCUT2D eigenvalue weighted by molar-refractivity contribution is 5.99. The van der Waals surface area contributed by atoms with Crippen LogP contribution >= 0.6 is 0 Å². The number of carboxylic acid groups (broad SMARTS) is 1. The maximum atomic E-state index is 12.0. The number of amides is 2. The molecule has 1 rings (SSSR count). The number of hydrogen-bond acceptors (Lipinski definition) is 3. The van der Waals surface area contributed by atoms with E-state index in [1.54, 1.807) is 30.1 Å². The molecule has 0 saturated carbocycles. The van der Waals surface area contributed by atoms with Crippen molar-refractivity contribution in [3.05, 3.63) is 35.4 Å². The quantitative estimate of drug-likeness (QED) is 0.812. The van der Waals surface area contributed by atoms with E-state index in [0.717, 1.165) is 0 Å². The number of benzene rings is 1. The number of nitrogens with one attached hydrogen (secondary N) is 1. The number of hydrogen-bond donors (Lipinski definition) is 2. The molecule has 0 aliphatic rings. The standard InChI is InChI=1S/C14H18N2O4/c1-3-16(2)14(20)11-6-4-5-10(9-11)13(19)15-8-7-12(17)18/h4-6,9H,3,7-8H2,1-2H3,(H,15,19)(H,17,18). The van der Waals surface area contributed by atoms with Crippen molar-refractivity contribution in [3.8, 4) is 0 Å². The molecule has 2 N–H and O–H groups in total. The average molecular weight is 278 g/mol. The number of carbonyl (C=O) groups excluding carboxylic acids is 2. The fraction of sp³-hybridized carbons (Fsp3) is 0.357. The van der Waals surface area contributed by atoms with Gasteiger partial charge in [0.25, 0.3) is 11.8 Å². The SMILES string of the molecule is CCN(C)C(=O)c1cccc(C(=O)NCCC(=O)O)c1. The Labute approximate surface area is 117 Å². The minimum atomic E-state index is -0.973. The van der Waals surface area contributed by atoms with Gasteiger partial charge in [0.1, 0.15) is 0 Å². The van der Waals surface area contributed by atoms with Gasteiger partial charge in [-0.25, -0.2) is 0 Å². The molecular weight excluding hydrogens is 260 g/mol. The Morgan fingerprint density at radius 1 is 1.25 bits per heavy atom. The Hall–Kier alpha value is -2.37. The molecule has 0 spiro atoms. The Balaban J connectivity index is 2.74. The van der Waals surface area contributed by atoms with Gasteiger partial charge in [-0.3, -0.25) is 14.4 Å². The van der Waals surface area contributed by atoms with Crippen molar-refractivity contribution in [1.82, 2.24) is 10.2 Å². The molecule has 1 aromatic carbocycles. The van der Waals surface area contributed by atoms with Crippen LogP contribution in [0.25, 0.3) is 0 Å². The molecular formula is C14H18N2O4. The summed E-state index contributed by atoms with van der Waals surface area (Å²) in [5, 5.41) is 11.0. The van der Waals surface area contributed by atoms with Gasteiger partial charge in [-0.05, 0) is 25.1 Å². The molecule has 0 unspecified atom stereocenters. The maximum absolute atomic E-state index is 12.0. The highest BCUT2D eigenvalue weighted by Gasteiger charge is 2.13. The third kappa shape index (κ3) is 4.38. The van der Waals surface area contributed by atoms with Crippen LogP contribution < -0.4 is 5.32 Å². The summed E-state index contributed by atoms with van der Waals surface area (Å²) >= 11 is 0. The lowest BCUT2D eigenvalue weighted by molar-refractivity contribution is -0.136. The Morgan fingerprint density at radius 3 is 2.50 bits per heavy atom. The fourth-order valence-corrected chi connectivity index (χ4v) is 1.54. The average Bonchev–Trinajstić information content (AvgIpc) is 2.45. The van der Waals surface area contributed by atoms with Crippen molar-refractivity contribution in [3.63, 3.8) is 0 Å². The number of nitrogens with zero attached hydrogens (tertiary/aromatic N) is 1. The second-order valence-electron chi connectivity index (χ2n) is 4.30. The summed E-state index contributed by atoms with van der Waals surface area (Å²) in [5.41, 5.74) is 0.769. The van der Waals surface area contributed by atoms with E-state index in [2.05, 4.69) is 5.32 Å². The van der Waals surface area contributed by atoms with E-state index in [-0.39, 0.29) is 24.8 Å². The minimum absolute atomic E-state index is 0.0567. The van der Waals surface area contributed by atoms with E-state index in [1.165, 1.54) is 6.07 Å². The third-order valence-corrected chi connectivity index (χ3v) is 2.82. The predicted molar refractivity (Wildman–Crippen MR) is 73.7 cm³/mol. The van der Waals surface area contributed by atoms with Crippen LogP contribution in [-0.2, 0) is 4.79 Å². The summed E-state index contributed by atoms with van der Waals surface area (Å²) < 4.78 is 0. The van der Waals surface area contributed by atoms with Crippen LogP contribution in [0.15, 0.2) is 24.3 Å². The van der Waals surface area contributed by atoms with Gasteiger partial charge in [0.2, 0.25) is 0 Å². The van der Waals surface area contributed by atoms with Crippen LogP contribution in [-0.4, -0.2) is 47.9 Å². The van der Waals surface area contributed by atoms with Crippen LogP contribution in [0.2, 0.25) is 0 Å². The monoisotopic (exact) mass is 278 g/mol. The van der Waals surface area contributed by atoms with Gasteiger partial charge < -0.3 is 15.3 Å². The van der Waals surface area contributed by atoms with Crippen LogP contribution in [0, 0.1) is 0 Å². The first-order chi connectivity index (χ1) is 9.45. The maximum Gasteiger partial charge on any atom is 0.305 e. The van der Waals surface area contributed by atoms with E-state index in [0.29, 0.717) is 17.7 Å². The van der Waals surface area contributed by atoms with E-state index < -0.39 is 5.97 Å². The molecule has 0 aromatic heterocycles. The lowest BCUT2D eigenvalue weighted by Crippen LogP contribution is -2.28. The van der Waals surface area contributed by atoms with Gasteiger partial charge in [-0.1, -0.05) is 6.07 Å². The van der Waals surface area contributed by atoms with Crippen molar-refractivity contribution in [2.45, 2.75) is 13.3 Å². The molecule has 6 nitrogen and oxygen atoms in total. The van der Waals surface area contributed by atoms with Crippen molar-refractivity contribution in [2.75, 3.05) is 20.1 Å². The summed E-state index contributed by atoms with van der Waals surface area (Å²) in [6.45, 7) is 2.50. The highest BCUT2D eigenvalue weighted by Crippen LogP contribution is 2.08. The zero-order valence-electron chi connectivity index (χ0n) is 11.5.